The van der Waals surface area contributed by atoms with Gasteiger partial charge in [0.1, 0.15) is 5.69 Å². The number of nitrogens with zero attached hydrogens (tertiary/aromatic N) is 2. The van der Waals surface area contributed by atoms with Crippen LogP contribution in [0, 0.1) is 10.1 Å². The van der Waals surface area contributed by atoms with Crippen LogP contribution in [0.15, 0.2) is 6.07 Å². The summed E-state index contributed by atoms with van der Waals surface area (Å²) in [6.07, 6.45) is -3.17. The van der Waals surface area contributed by atoms with E-state index >= 15 is 0 Å². The van der Waals surface area contributed by atoms with Crippen LogP contribution in [0.5, 0.6) is 0 Å². The number of nitrogen functional groups attached to an aromatic ring is 1. The fraction of sp³-hybridized carbons (Fsp3) is 0.143. The standard InChI is InChI=1S/C7H5F2N3O4/c8-5(9)4-2(7(13)14)1-3(12(15)16)6(10)11-4/h1,5H,(H2,10,11)(H,13,14). The Morgan fingerprint density at radius 3 is 2.56 bits per heavy atom. The van der Waals surface area contributed by atoms with Gasteiger partial charge in [0.25, 0.3) is 6.43 Å². The summed E-state index contributed by atoms with van der Waals surface area (Å²) >= 11 is 0. The summed E-state index contributed by atoms with van der Waals surface area (Å²) in [6, 6.07) is 0.464. The third kappa shape index (κ3) is 2.02. The molecule has 0 aliphatic rings. The van der Waals surface area contributed by atoms with E-state index in [1.54, 1.807) is 0 Å². The van der Waals surface area contributed by atoms with Crippen LogP contribution in [0.4, 0.5) is 20.3 Å². The SMILES string of the molecule is Nc1nc(C(F)F)c(C(=O)O)cc1[N+](=O)[O-]. The van der Waals surface area contributed by atoms with Gasteiger partial charge in [0.15, 0.2) is 0 Å². The van der Waals surface area contributed by atoms with Crippen molar-refractivity contribution >= 4 is 17.5 Å². The number of rotatable bonds is 3. The number of aromatic carboxylic acids is 1. The van der Waals surface area contributed by atoms with Crippen molar-refractivity contribution in [1.82, 2.24) is 4.98 Å². The van der Waals surface area contributed by atoms with Gasteiger partial charge in [-0.2, -0.15) is 0 Å². The molecule has 3 N–H and O–H groups in total. The second-order valence-electron chi connectivity index (χ2n) is 2.69. The van der Waals surface area contributed by atoms with Gasteiger partial charge < -0.3 is 10.8 Å². The number of aromatic nitrogens is 1. The molecular formula is C7H5F2N3O4. The number of nitrogens with two attached hydrogens (primary N) is 1. The van der Waals surface area contributed by atoms with E-state index in [0.717, 1.165) is 0 Å². The molecule has 0 bridgehead atoms. The molecule has 0 aliphatic carbocycles. The minimum Gasteiger partial charge on any atom is -0.478 e. The van der Waals surface area contributed by atoms with Crippen LogP contribution >= 0.6 is 0 Å². The number of pyridine rings is 1. The molecule has 0 saturated heterocycles. The number of carboxylic acid groups (broad SMARTS) is 1. The first-order valence-corrected chi connectivity index (χ1v) is 3.80. The lowest BCUT2D eigenvalue weighted by atomic mass is 10.2. The highest BCUT2D eigenvalue weighted by molar-refractivity contribution is 5.90. The number of nitro groups is 1. The number of anilines is 1. The van der Waals surface area contributed by atoms with Crippen molar-refractivity contribution in [2.45, 2.75) is 6.43 Å². The Labute approximate surface area is 86.7 Å². The summed E-state index contributed by atoms with van der Waals surface area (Å²) in [5.41, 5.74) is 2.21. The highest BCUT2D eigenvalue weighted by Crippen LogP contribution is 2.28. The predicted molar refractivity (Wildman–Crippen MR) is 47.2 cm³/mol. The lowest BCUT2D eigenvalue weighted by molar-refractivity contribution is -0.384. The first-order valence-electron chi connectivity index (χ1n) is 3.80. The van der Waals surface area contributed by atoms with Crippen molar-refractivity contribution in [3.8, 4) is 0 Å². The Kier molecular flexibility index (Phi) is 2.97. The van der Waals surface area contributed by atoms with Crippen LogP contribution < -0.4 is 5.73 Å². The molecule has 0 atom stereocenters. The van der Waals surface area contributed by atoms with Crippen LogP contribution in [0.2, 0.25) is 0 Å². The zero-order chi connectivity index (χ0) is 12.5. The summed E-state index contributed by atoms with van der Waals surface area (Å²) in [6.45, 7) is 0. The number of carbonyl (C=O) groups is 1. The molecular weight excluding hydrogens is 228 g/mol. The van der Waals surface area contributed by atoms with E-state index in [-0.39, 0.29) is 0 Å². The van der Waals surface area contributed by atoms with Gasteiger partial charge in [-0.1, -0.05) is 0 Å². The summed E-state index contributed by atoms with van der Waals surface area (Å²) < 4.78 is 24.7. The molecule has 0 amide bonds. The second kappa shape index (κ2) is 4.04. The molecule has 86 valence electrons. The maximum absolute atomic E-state index is 12.3. The van der Waals surface area contributed by atoms with Gasteiger partial charge in [-0.15, -0.1) is 0 Å². The van der Waals surface area contributed by atoms with E-state index in [4.69, 9.17) is 10.8 Å². The summed E-state index contributed by atoms with van der Waals surface area (Å²) in [5, 5.41) is 19.0. The van der Waals surface area contributed by atoms with Crippen molar-refractivity contribution in [3.05, 3.63) is 27.4 Å². The zero-order valence-corrected chi connectivity index (χ0v) is 7.55. The number of hydrogen-bond acceptors (Lipinski definition) is 5. The molecule has 0 saturated carbocycles. The molecule has 0 spiro atoms. The maximum atomic E-state index is 12.3. The molecule has 1 aromatic rings. The minimum atomic E-state index is -3.17. The molecule has 0 fully saturated rings. The number of carboxylic acids is 1. The van der Waals surface area contributed by atoms with E-state index in [1.807, 2.05) is 0 Å². The van der Waals surface area contributed by atoms with Gasteiger partial charge in [-0.3, -0.25) is 10.1 Å². The van der Waals surface area contributed by atoms with Gasteiger partial charge in [0.2, 0.25) is 5.82 Å². The predicted octanol–water partition coefficient (Wildman–Crippen LogP) is 1.21. The van der Waals surface area contributed by atoms with Gasteiger partial charge in [-0.05, 0) is 0 Å². The maximum Gasteiger partial charge on any atom is 0.338 e. The molecule has 7 nitrogen and oxygen atoms in total. The smallest absolute Gasteiger partial charge is 0.338 e. The van der Waals surface area contributed by atoms with E-state index in [2.05, 4.69) is 4.98 Å². The summed E-state index contributed by atoms with van der Waals surface area (Å²) in [7, 11) is 0. The second-order valence-corrected chi connectivity index (χ2v) is 2.69. The molecule has 9 heteroatoms. The Morgan fingerprint density at radius 2 is 2.19 bits per heavy atom. The van der Waals surface area contributed by atoms with Gasteiger partial charge >= 0.3 is 11.7 Å². The fourth-order valence-corrected chi connectivity index (χ4v) is 1.02. The molecule has 0 aliphatic heterocycles. The van der Waals surface area contributed by atoms with Crippen LogP contribution in [-0.2, 0) is 0 Å². The normalized spacial score (nSPS) is 10.4. The van der Waals surface area contributed by atoms with Crippen molar-refractivity contribution < 1.29 is 23.6 Å². The van der Waals surface area contributed by atoms with Crippen molar-refractivity contribution in [1.29, 1.82) is 0 Å². The lowest BCUT2D eigenvalue weighted by Crippen LogP contribution is -2.10. The molecule has 0 aromatic carbocycles. The third-order valence-electron chi connectivity index (χ3n) is 1.69. The molecule has 1 aromatic heterocycles. The number of hydrogen-bond donors (Lipinski definition) is 2. The van der Waals surface area contributed by atoms with Crippen LogP contribution in [-0.4, -0.2) is 21.0 Å². The molecule has 1 heterocycles. The first-order chi connectivity index (χ1) is 7.34. The fourth-order valence-electron chi connectivity index (χ4n) is 1.02. The monoisotopic (exact) mass is 233 g/mol. The highest BCUT2D eigenvalue weighted by Gasteiger charge is 2.26. The zero-order valence-electron chi connectivity index (χ0n) is 7.55. The summed E-state index contributed by atoms with van der Waals surface area (Å²) in [5.74, 6) is -2.48. The molecule has 0 unspecified atom stereocenters. The molecule has 0 radical (unpaired) electrons. The van der Waals surface area contributed by atoms with Crippen LogP contribution in [0.3, 0.4) is 0 Å². The third-order valence-corrected chi connectivity index (χ3v) is 1.69. The van der Waals surface area contributed by atoms with Crippen molar-refractivity contribution in [3.63, 3.8) is 0 Å². The average molecular weight is 233 g/mol. The van der Waals surface area contributed by atoms with E-state index in [1.165, 1.54) is 0 Å². The summed E-state index contributed by atoms with van der Waals surface area (Å²) in [4.78, 5) is 23.0. The van der Waals surface area contributed by atoms with E-state index in [9.17, 15) is 23.7 Å². The van der Waals surface area contributed by atoms with Gasteiger partial charge in [0, 0.05) is 6.07 Å². The molecule has 16 heavy (non-hydrogen) atoms. The Hall–Kier alpha value is -2.32. The minimum absolute atomic E-state index is 0.464. The van der Waals surface area contributed by atoms with Crippen molar-refractivity contribution in [2.75, 3.05) is 5.73 Å². The van der Waals surface area contributed by atoms with Crippen molar-refractivity contribution in [2.24, 2.45) is 0 Å². The van der Waals surface area contributed by atoms with E-state index in [0.29, 0.717) is 6.07 Å². The largest absolute Gasteiger partial charge is 0.478 e. The Balaban J connectivity index is 3.49. The molecule has 1 rings (SSSR count). The number of alkyl halides is 2. The Morgan fingerprint density at radius 1 is 1.62 bits per heavy atom. The first kappa shape index (κ1) is 11.8. The highest BCUT2D eigenvalue weighted by atomic mass is 19.3. The van der Waals surface area contributed by atoms with Gasteiger partial charge in [-0.25, -0.2) is 18.6 Å². The lowest BCUT2D eigenvalue weighted by Gasteiger charge is -2.05. The average Bonchev–Trinajstić information content (AvgIpc) is 2.15. The number of halogens is 2. The van der Waals surface area contributed by atoms with Crippen LogP contribution in [0.1, 0.15) is 22.5 Å². The Bertz CT molecular complexity index is 463. The van der Waals surface area contributed by atoms with E-state index < -0.39 is 40.1 Å². The quantitative estimate of drug-likeness (QED) is 0.598. The topological polar surface area (TPSA) is 119 Å². The van der Waals surface area contributed by atoms with Crippen LogP contribution in [0.25, 0.3) is 0 Å². The van der Waals surface area contributed by atoms with Gasteiger partial charge in [0.05, 0.1) is 10.5 Å².